The predicted molar refractivity (Wildman–Crippen MR) is 91.6 cm³/mol. The molecule has 1 aromatic carbocycles. The quantitative estimate of drug-likeness (QED) is 0.744. The number of carbonyl (C=O) groups excluding carboxylic acids is 1. The lowest BCUT2D eigenvalue weighted by Gasteiger charge is -2.08. The molecule has 2 aromatic heterocycles. The highest BCUT2D eigenvalue weighted by molar-refractivity contribution is 7.17. The summed E-state index contributed by atoms with van der Waals surface area (Å²) in [6.07, 6.45) is 2.27. The first-order valence-electron chi connectivity index (χ1n) is 7.56. The fourth-order valence-corrected chi connectivity index (χ4v) is 3.15. The zero-order valence-corrected chi connectivity index (χ0v) is 13.9. The van der Waals surface area contributed by atoms with Crippen LogP contribution in [-0.2, 0) is 4.79 Å². The van der Waals surface area contributed by atoms with Gasteiger partial charge in [0.05, 0.1) is 5.39 Å². The van der Waals surface area contributed by atoms with Crippen molar-refractivity contribution in [2.24, 2.45) is 0 Å². The molecule has 0 aliphatic rings. The topological polar surface area (TPSA) is 64.1 Å². The molecule has 0 fully saturated rings. The normalized spacial score (nSPS) is 10.8. The molecule has 3 aromatic rings. The number of carbonyl (C=O) groups is 1. The number of hydrogen-bond acceptors (Lipinski definition) is 5. The van der Waals surface area contributed by atoms with E-state index in [9.17, 15) is 9.18 Å². The smallest absolute Gasteiger partial charge is 0.258 e. The number of ether oxygens (including phenoxy) is 1. The molecule has 0 saturated carbocycles. The Morgan fingerprint density at radius 2 is 2.08 bits per heavy atom. The van der Waals surface area contributed by atoms with Crippen LogP contribution in [0.2, 0.25) is 0 Å². The minimum atomic E-state index is -0.293. The van der Waals surface area contributed by atoms with Gasteiger partial charge in [0.1, 0.15) is 17.0 Å². The lowest BCUT2D eigenvalue weighted by Crippen LogP contribution is -2.29. The van der Waals surface area contributed by atoms with Crippen molar-refractivity contribution in [3.8, 4) is 17.0 Å². The number of halogens is 1. The Bertz CT molecular complexity index is 849. The number of amides is 1. The van der Waals surface area contributed by atoms with Crippen LogP contribution in [0.4, 0.5) is 4.39 Å². The monoisotopic (exact) mass is 345 g/mol. The minimum Gasteiger partial charge on any atom is -0.467 e. The van der Waals surface area contributed by atoms with Crippen LogP contribution in [0.1, 0.15) is 13.3 Å². The van der Waals surface area contributed by atoms with Crippen LogP contribution in [0.5, 0.6) is 5.88 Å². The van der Waals surface area contributed by atoms with Crippen molar-refractivity contribution in [3.63, 3.8) is 0 Å². The maximum absolute atomic E-state index is 13.1. The summed E-state index contributed by atoms with van der Waals surface area (Å²) < 4.78 is 18.7. The molecular formula is C17H16FN3O2S. The zero-order chi connectivity index (χ0) is 16.9. The minimum absolute atomic E-state index is 0.106. The molecule has 0 spiro atoms. The van der Waals surface area contributed by atoms with Gasteiger partial charge in [-0.05, 0) is 24.1 Å². The van der Waals surface area contributed by atoms with Crippen LogP contribution < -0.4 is 10.1 Å². The summed E-state index contributed by atoms with van der Waals surface area (Å²) in [7, 11) is 0. The van der Waals surface area contributed by atoms with Gasteiger partial charge in [0, 0.05) is 17.5 Å². The van der Waals surface area contributed by atoms with E-state index in [-0.39, 0.29) is 18.3 Å². The van der Waals surface area contributed by atoms with Crippen molar-refractivity contribution in [2.75, 3.05) is 13.2 Å². The maximum atomic E-state index is 13.1. The van der Waals surface area contributed by atoms with Crippen LogP contribution in [0.25, 0.3) is 21.3 Å². The van der Waals surface area contributed by atoms with Gasteiger partial charge in [0.25, 0.3) is 5.91 Å². The van der Waals surface area contributed by atoms with E-state index in [0.29, 0.717) is 12.4 Å². The van der Waals surface area contributed by atoms with Gasteiger partial charge in [-0.1, -0.05) is 19.1 Å². The van der Waals surface area contributed by atoms with E-state index >= 15 is 0 Å². The number of hydrogen-bond donors (Lipinski definition) is 1. The Morgan fingerprint density at radius 3 is 2.83 bits per heavy atom. The third-order valence-corrected chi connectivity index (χ3v) is 4.29. The van der Waals surface area contributed by atoms with Gasteiger partial charge >= 0.3 is 0 Å². The second-order valence-electron chi connectivity index (χ2n) is 5.15. The molecule has 1 N–H and O–H groups in total. The molecular weight excluding hydrogens is 329 g/mol. The summed E-state index contributed by atoms with van der Waals surface area (Å²) in [6.45, 7) is 2.49. The highest BCUT2D eigenvalue weighted by Crippen LogP contribution is 2.37. The lowest BCUT2D eigenvalue weighted by atomic mass is 10.1. The van der Waals surface area contributed by atoms with Gasteiger partial charge in [-0.15, -0.1) is 11.3 Å². The van der Waals surface area contributed by atoms with Gasteiger partial charge < -0.3 is 10.1 Å². The van der Waals surface area contributed by atoms with Crippen molar-refractivity contribution in [1.29, 1.82) is 0 Å². The van der Waals surface area contributed by atoms with Gasteiger partial charge in [-0.25, -0.2) is 14.4 Å². The van der Waals surface area contributed by atoms with Crippen LogP contribution in [0.15, 0.2) is 36.0 Å². The molecule has 0 aliphatic carbocycles. The first kappa shape index (κ1) is 16.3. The molecule has 0 bridgehead atoms. The summed E-state index contributed by atoms with van der Waals surface area (Å²) in [4.78, 5) is 20.9. The maximum Gasteiger partial charge on any atom is 0.258 e. The number of fused-ring (bicyclic) bond motifs is 1. The Kier molecular flexibility index (Phi) is 5.00. The molecule has 24 heavy (non-hydrogen) atoms. The standard InChI is InChI=1S/C17H16FN3O2S/c1-2-7-19-14(22)8-23-16-15-13(9-24-17(15)21-10-20-16)11-3-5-12(18)6-4-11/h3-6,9-10H,2,7-8H2,1H3,(H,19,22). The van der Waals surface area contributed by atoms with Crippen LogP contribution in [0, 0.1) is 5.82 Å². The average molecular weight is 345 g/mol. The van der Waals surface area contributed by atoms with E-state index in [0.717, 1.165) is 27.8 Å². The predicted octanol–water partition coefficient (Wildman–Crippen LogP) is 3.40. The van der Waals surface area contributed by atoms with E-state index in [1.54, 1.807) is 12.1 Å². The second kappa shape index (κ2) is 7.35. The molecule has 0 unspecified atom stereocenters. The van der Waals surface area contributed by atoms with E-state index < -0.39 is 0 Å². The molecule has 0 aliphatic heterocycles. The first-order valence-corrected chi connectivity index (χ1v) is 8.44. The van der Waals surface area contributed by atoms with E-state index in [1.165, 1.54) is 29.8 Å². The third-order valence-electron chi connectivity index (χ3n) is 3.40. The molecule has 1 amide bonds. The Balaban J connectivity index is 1.90. The number of nitrogens with one attached hydrogen (secondary N) is 1. The average Bonchev–Trinajstić information content (AvgIpc) is 3.03. The van der Waals surface area contributed by atoms with E-state index in [4.69, 9.17) is 4.74 Å². The highest BCUT2D eigenvalue weighted by Gasteiger charge is 2.15. The Morgan fingerprint density at radius 1 is 1.29 bits per heavy atom. The first-order chi connectivity index (χ1) is 11.7. The second-order valence-corrected chi connectivity index (χ2v) is 6.01. The lowest BCUT2D eigenvalue weighted by molar-refractivity contribution is -0.123. The zero-order valence-electron chi connectivity index (χ0n) is 13.1. The fraction of sp³-hybridized carbons (Fsp3) is 0.235. The van der Waals surface area contributed by atoms with Crippen molar-refractivity contribution < 1.29 is 13.9 Å². The molecule has 0 saturated heterocycles. The van der Waals surface area contributed by atoms with Crippen molar-refractivity contribution in [1.82, 2.24) is 15.3 Å². The van der Waals surface area contributed by atoms with Crippen molar-refractivity contribution >= 4 is 27.5 Å². The van der Waals surface area contributed by atoms with Gasteiger partial charge in [-0.3, -0.25) is 4.79 Å². The number of nitrogens with zero attached hydrogens (tertiary/aromatic N) is 2. The molecule has 124 valence electrons. The Hall–Kier alpha value is -2.54. The third kappa shape index (κ3) is 3.51. The molecule has 2 heterocycles. The number of rotatable bonds is 6. The molecule has 3 rings (SSSR count). The molecule has 5 nitrogen and oxygen atoms in total. The van der Waals surface area contributed by atoms with Gasteiger partial charge in [-0.2, -0.15) is 0 Å². The number of benzene rings is 1. The molecule has 0 radical (unpaired) electrons. The van der Waals surface area contributed by atoms with Crippen LogP contribution in [0.3, 0.4) is 0 Å². The van der Waals surface area contributed by atoms with Gasteiger partial charge in [0.2, 0.25) is 5.88 Å². The number of thiophene rings is 1. The SMILES string of the molecule is CCCNC(=O)COc1ncnc2scc(-c3ccc(F)cc3)c12. The van der Waals surface area contributed by atoms with Crippen LogP contribution in [-0.4, -0.2) is 29.0 Å². The highest BCUT2D eigenvalue weighted by atomic mass is 32.1. The van der Waals surface area contributed by atoms with Crippen LogP contribution >= 0.6 is 11.3 Å². The summed E-state index contributed by atoms with van der Waals surface area (Å²) in [5.74, 6) is -0.131. The molecule has 0 atom stereocenters. The Labute approximate surface area is 142 Å². The molecule has 7 heteroatoms. The van der Waals surface area contributed by atoms with E-state index in [2.05, 4.69) is 15.3 Å². The largest absolute Gasteiger partial charge is 0.467 e. The van der Waals surface area contributed by atoms with Crippen molar-refractivity contribution in [2.45, 2.75) is 13.3 Å². The number of aromatic nitrogens is 2. The summed E-state index contributed by atoms with van der Waals surface area (Å²) in [6, 6.07) is 6.20. The summed E-state index contributed by atoms with van der Waals surface area (Å²) in [5.41, 5.74) is 1.71. The van der Waals surface area contributed by atoms with Crippen molar-refractivity contribution in [3.05, 3.63) is 41.8 Å². The summed E-state index contributed by atoms with van der Waals surface area (Å²) >= 11 is 1.45. The fourth-order valence-electron chi connectivity index (χ4n) is 2.25. The van der Waals surface area contributed by atoms with Gasteiger partial charge in [0.15, 0.2) is 6.61 Å². The van der Waals surface area contributed by atoms with E-state index in [1.807, 2.05) is 12.3 Å². The summed E-state index contributed by atoms with van der Waals surface area (Å²) in [5, 5.41) is 5.41.